The molecule has 0 aliphatic heterocycles. The third-order valence-corrected chi connectivity index (χ3v) is 3.74. The van der Waals surface area contributed by atoms with Crippen molar-refractivity contribution >= 4 is 23.0 Å². The van der Waals surface area contributed by atoms with Crippen molar-refractivity contribution in [2.45, 2.75) is 0 Å². The molecule has 2 aromatic heterocycles. The molecule has 118 valence electrons. The maximum atomic E-state index is 9.40. The maximum Gasteiger partial charge on any atom is 0.247 e. The van der Waals surface area contributed by atoms with Crippen LogP contribution in [0.3, 0.4) is 0 Å². The summed E-state index contributed by atoms with van der Waals surface area (Å²) >= 11 is 0. The lowest BCUT2D eigenvalue weighted by molar-refractivity contribution is 0.475. The largest absolute Gasteiger partial charge is 0.508 e. The van der Waals surface area contributed by atoms with Gasteiger partial charge in [0.2, 0.25) is 5.95 Å². The minimum absolute atomic E-state index is 0.243. The van der Waals surface area contributed by atoms with Crippen LogP contribution in [-0.4, -0.2) is 19.7 Å². The number of benzene rings is 2. The Kier molecular flexibility index (Phi) is 3.28. The molecule has 4 aromatic rings. The van der Waals surface area contributed by atoms with Crippen LogP contribution in [0.15, 0.2) is 66.9 Å². The predicted octanol–water partition coefficient (Wildman–Crippen LogP) is 3.43. The van der Waals surface area contributed by atoms with Crippen LogP contribution < -0.4 is 11.1 Å². The van der Waals surface area contributed by atoms with E-state index in [1.807, 2.05) is 54.7 Å². The quantitative estimate of drug-likeness (QED) is 0.504. The summed E-state index contributed by atoms with van der Waals surface area (Å²) in [5.74, 6) is 0.725. The van der Waals surface area contributed by atoms with Gasteiger partial charge in [0, 0.05) is 11.8 Å². The average molecular weight is 317 g/mol. The number of nitrogen functional groups attached to an aromatic ring is 1. The number of fused-ring (bicyclic) bond motifs is 1. The molecule has 0 radical (unpaired) electrons. The second-order valence-corrected chi connectivity index (χ2v) is 5.42. The van der Waals surface area contributed by atoms with Crippen LogP contribution in [0.5, 0.6) is 5.75 Å². The van der Waals surface area contributed by atoms with Crippen LogP contribution in [-0.2, 0) is 0 Å². The highest BCUT2D eigenvalue weighted by molar-refractivity contribution is 5.71. The fraction of sp³-hybridized carbons (Fsp3) is 0. The highest BCUT2D eigenvalue weighted by Crippen LogP contribution is 2.24. The van der Waals surface area contributed by atoms with Crippen molar-refractivity contribution in [1.29, 1.82) is 0 Å². The number of anilines is 3. The third kappa shape index (κ3) is 2.61. The lowest BCUT2D eigenvalue weighted by Crippen LogP contribution is -1.97. The number of nitrogens with zero attached hydrogens (tertiary/aromatic N) is 3. The van der Waals surface area contributed by atoms with Gasteiger partial charge in [-0.1, -0.05) is 24.3 Å². The summed E-state index contributed by atoms with van der Waals surface area (Å²) in [5.41, 5.74) is 10.0. The monoisotopic (exact) mass is 317 g/mol. The molecule has 4 N–H and O–H groups in total. The number of aromatic hydroxyl groups is 1. The molecule has 0 aliphatic carbocycles. The van der Waals surface area contributed by atoms with Crippen molar-refractivity contribution in [3.63, 3.8) is 0 Å². The Labute approximate surface area is 138 Å². The molecule has 0 bridgehead atoms. The first-order valence-corrected chi connectivity index (χ1v) is 7.46. The van der Waals surface area contributed by atoms with E-state index < -0.39 is 0 Å². The number of para-hydroxylation sites is 2. The van der Waals surface area contributed by atoms with Crippen molar-refractivity contribution < 1.29 is 5.11 Å². The molecule has 6 nitrogen and oxygen atoms in total. The number of hydrogen-bond donors (Lipinski definition) is 3. The zero-order chi connectivity index (χ0) is 16.5. The number of aromatic nitrogens is 3. The molecule has 0 saturated carbocycles. The topological polar surface area (TPSA) is 88.5 Å². The zero-order valence-corrected chi connectivity index (χ0v) is 12.7. The fourth-order valence-electron chi connectivity index (χ4n) is 2.49. The van der Waals surface area contributed by atoms with Crippen LogP contribution in [0.25, 0.3) is 16.8 Å². The standard InChI is InChI=1S/C18H15N5O/c19-15-3-1-2-4-16(15)20-18-21-17-10-7-13(11-23(17)22-18)12-5-8-14(24)9-6-12/h1-11,24H,19H2,(H,20,22). The smallest absolute Gasteiger partial charge is 0.247 e. The molecular formula is C18H15N5O. The van der Waals surface area contributed by atoms with Gasteiger partial charge in [-0.25, -0.2) is 4.52 Å². The van der Waals surface area contributed by atoms with Gasteiger partial charge in [0.15, 0.2) is 5.65 Å². The normalized spacial score (nSPS) is 10.8. The van der Waals surface area contributed by atoms with Gasteiger partial charge in [-0.2, -0.15) is 4.98 Å². The Balaban J connectivity index is 1.68. The number of phenolic OH excluding ortho intramolecular Hbond substituents is 1. The Morgan fingerprint density at radius 3 is 2.46 bits per heavy atom. The van der Waals surface area contributed by atoms with Crippen molar-refractivity contribution in [3.05, 3.63) is 66.9 Å². The molecular weight excluding hydrogens is 302 g/mol. The van der Waals surface area contributed by atoms with E-state index in [2.05, 4.69) is 15.4 Å². The van der Waals surface area contributed by atoms with E-state index in [-0.39, 0.29) is 5.75 Å². The van der Waals surface area contributed by atoms with Gasteiger partial charge in [-0.3, -0.25) is 0 Å². The first kappa shape index (κ1) is 14.1. The molecule has 0 fully saturated rings. The minimum atomic E-state index is 0.243. The number of nitrogens with one attached hydrogen (secondary N) is 1. The number of rotatable bonds is 3. The molecule has 2 heterocycles. The molecule has 0 unspecified atom stereocenters. The van der Waals surface area contributed by atoms with Crippen LogP contribution in [0.1, 0.15) is 0 Å². The SMILES string of the molecule is Nc1ccccc1Nc1nc2ccc(-c3ccc(O)cc3)cn2n1. The molecule has 0 spiro atoms. The second kappa shape index (κ2) is 5.58. The highest BCUT2D eigenvalue weighted by Gasteiger charge is 2.07. The summed E-state index contributed by atoms with van der Waals surface area (Å²) in [6.07, 6.45) is 1.90. The van der Waals surface area contributed by atoms with E-state index in [0.29, 0.717) is 11.6 Å². The van der Waals surface area contributed by atoms with E-state index in [1.54, 1.807) is 16.6 Å². The Morgan fingerprint density at radius 2 is 1.67 bits per heavy atom. The van der Waals surface area contributed by atoms with E-state index >= 15 is 0 Å². The third-order valence-electron chi connectivity index (χ3n) is 3.74. The summed E-state index contributed by atoms with van der Waals surface area (Å²) in [6.45, 7) is 0. The number of pyridine rings is 1. The first-order valence-electron chi connectivity index (χ1n) is 7.46. The van der Waals surface area contributed by atoms with Gasteiger partial charge >= 0.3 is 0 Å². The zero-order valence-electron chi connectivity index (χ0n) is 12.7. The van der Waals surface area contributed by atoms with Crippen LogP contribution >= 0.6 is 0 Å². The van der Waals surface area contributed by atoms with Gasteiger partial charge in [-0.15, -0.1) is 5.10 Å². The molecule has 0 atom stereocenters. The highest BCUT2D eigenvalue weighted by atomic mass is 16.3. The van der Waals surface area contributed by atoms with Gasteiger partial charge < -0.3 is 16.2 Å². The average Bonchev–Trinajstić information content (AvgIpc) is 2.99. The van der Waals surface area contributed by atoms with Gasteiger partial charge in [0.05, 0.1) is 11.4 Å². The molecule has 0 saturated heterocycles. The van der Waals surface area contributed by atoms with Crippen LogP contribution in [0.4, 0.5) is 17.3 Å². The molecule has 0 aliphatic rings. The molecule has 2 aromatic carbocycles. The maximum absolute atomic E-state index is 9.40. The fourth-order valence-corrected chi connectivity index (χ4v) is 2.49. The lowest BCUT2D eigenvalue weighted by atomic mass is 10.1. The number of phenols is 1. The second-order valence-electron chi connectivity index (χ2n) is 5.42. The molecule has 0 amide bonds. The summed E-state index contributed by atoms with van der Waals surface area (Å²) in [5, 5.41) is 17.0. The van der Waals surface area contributed by atoms with E-state index in [1.165, 1.54) is 0 Å². The van der Waals surface area contributed by atoms with Crippen molar-refractivity contribution in [2.75, 3.05) is 11.1 Å². The van der Waals surface area contributed by atoms with Crippen LogP contribution in [0.2, 0.25) is 0 Å². The van der Waals surface area contributed by atoms with Crippen molar-refractivity contribution in [1.82, 2.24) is 14.6 Å². The Bertz CT molecular complexity index is 1010. The first-order chi connectivity index (χ1) is 11.7. The summed E-state index contributed by atoms with van der Waals surface area (Å²) in [6, 6.07) is 18.4. The minimum Gasteiger partial charge on any atom is -0.508 e. The summed E-state index contributed by atoms with van der Waals surface area (Å²) in [4.78, 5) is 4.44. The molecule has 6 heteroatoms. The predicted molar refractivity (Wildman–Crippen MR) is 94.2 cm³/mol. The van der Waals surface area contributed by atoms with Crippen molar-refractivity contribution in [3.8, 4) is 16.9 Å². The van der Waals surface area contributed by atoms with E-state index in [0.717, 1.165) is 22.5 Å². The van der Waals surface area contributed by atoms with E-state index in [4.69, 9.17) is 5.73 Å². The summed E-state index contributed by atoms with van der Waals surface area (Å²) in [7, 11) is 0. The van der Waals surface area contributed by atoms with Gasteiger partial charge in [-0.05, 0) is 42.0 Å². The molecule has 24 heavy (non-hydrogen) atoms. The van der Waals surface area contributed by atoms with Crippen molar-refractivity contribution in [2.24, 2.45) is 0 Å². The molecule has 4 rings (SSSR count). The van der Waals surface area contributed by atoms with E-state index in [9.17, 15) is 5.11 Å². The Morgan fingerprint density at radius 1 is 0.917 bits per heavy atom. The van der Waals surface area contributed by atoms with Gasteiger partial charge in [0.25, 0.3) is 0 Å². The van der Waals surface area contributed by atoms with Gasteiger partial charge in [0.1, 0.15) is 5.75 Å². The lowest BCUT2D eigenvalue weighted by Gasteiger charge is -2.04. The van der Waals surface area contributed by atoms with Crippen LogP contribution in [0, 0.1) is 0 Å². The number of nitrogens with two attached hydrogens (primary N) is 1. The number of hydrogen-bond acceptors (Lipinski definition) is 5. The Hall–Kier alpha value is -3.54. The summed E-state index contributed by atoms with van der Waals surface area (Å²) < 4.78 is 1.71.